The first-order chi connectivity index (χ1) is 12.2. The minimum absolute atomic E-state index is 0.0163. The lowest BCUT2D eigenvalue weighted by molar-refractivity contribution is 0.369. The van der Waals surface area contributed by atoms with Gasteiger partial charge in [0.25, 0.3) is 0 Å². The number of rotatable bonds is 7. The van der Waals surface area contributed by atoms with Crippen molar-refractivity contribution in [3.63, 3.8) is 0 Å². The van der Waals surface area contributed by atoms with Gasteiger partial charge in [-0.05, 0) is 24.3 Å². The van der Waals surface area contributed by atoms with Gasteiger partial charge in [0, 0.05) is 16.8 Å². The molecule has 7 nitrogen and oxygen atoms in total. The molecular formula is C17H15N5O2S. The summed E-state index contributed by atoms with van der Waals surface area (Å²) in [5, 5.41) is 20.3. The molecule has 0 bridgehead atoms. The van der Waals surface area contributed by atoms with E-state index in [1.165, 1.54) is 6.20 Å². The molecular weight excluding hydrogens is 338 g/mol. The molecule has 126 valence electrons. The van der Waals surface area contributed by atoms with Gasteiger partial charge in [-0.25, -0.2) is 0 Å². The molecule has 2 aromatic rings. The second-order valence-electron chi connectivity index (χ2n) is 4.61. The van der Waals surface area contributed by atoms with E-state index in [1.807, 2.05) is 24.3 Å². The Kier molecular flexibility index (Phi) is 6.64. The van der Waals surface area contributed by atoms with Crippen molar-refractivity contribution in [2.24, 2.45) is 0 Å². The van der Waals surface area contributed by atoms with Crippen LogP contribution >= 0.6 is 11.8 Å². The number of nitrogens with zero attached hydrogens (tertiary/aromatic N) is 4. The van der Waals surface area contributed by atoms with Crippen molar-refractivity contribution in [1.29, 1.82) is 10.5 Å². The molecule has 0 spiro atoms. The van der Waals surface area contributed by atoms with Crippen LogP contribution in [0.2, 0.25) is 0 Å². The van der Waals surface area contributed by atoms with Crippen molar-refractivity contribution >= 4 is 17.4 Å². The summed E-state index contributed by atoms with van der Waals surface area (Å²) in [6, 6.07) is 12.8. The van der Waals surface area contributed by atoms with Gasteiger partial charge in [-0.2, -0.15) is 20.5 Å². The number of ether oxygens (including phenoxy) is 2. The van der Waals surface area contributed by atoms with Crippen molar-refractivity contribution in [1.82, 2.24) is 9.97 Å². The molecule has 25 heavy (non-hydrogen) atoms. The lowest BCUT2D eigenvalue weighted by Crippen LogP contribution is -1.99. The van der Waals surface area contributed by atoms with Gasteiger partial charge in [-0.1, -0.05) is 0 Å². The number of nitrogens with one attached hydrogen (secondary N) is 1. The van der Waals surface area contributed by atoms with Crippen LogP contribution < -0.4 is 14.8 Å². The highest BCUT2D eigenvalue weighted by Crippen LogP contribution is 2.25. The molecule has 1 heterocycles. The lowest BCUT2D eigenvalue weighted by atomic mass is 10.3. The molecule has 2 rings (SSSR count). The molecule has 0 aliphatic rings. The number of benzene rings is 1. The molecule has 0 unspecified atom stereocenters. The zero-order valence-electron chi connectivity index (χ0n) is 13.7. The molecule has 1 N–H and O–H groups in total. The fourth-order valence-corrected chi connectivity index (χ4v) is 2.52. The van der Waals surface area contributed by atoms with Crippen molar-refractivity contribution in [3.8, 4) is 23.9 Å². The van der Waals surface area contributed by atoms with Crippen LogP contribution in [0.25, 0.3) is 0 Å². The van der Waals surface area contributed by atoms with E-state index in [2.05, 4.69) is 15.3 Å². The minimum atomic E-state index is 0.0163. The van der Waals surface area contributed by atoms with E-state index >= 15 is 0 Å². The summed E-state index contributed by atoms with van der Waals surface area (Å²) in [7, 11) is 3.09. The van der Waals surface area contributed by atoms with Crippen LogP contribution in [0, 0.1) is 22.7 Å². The highest BCUT2D eigenvalue weighted by molar-refractivity contribution is 7.98. The molecule has 0 aliphatic carbocycles. The van der Waals surface area contributed by atoms with Crippen LogP contribution in [0.5, 0.6) is 11.8 Å². The zero-order chi connectivity index (χ0) is 18.1. The molecule has 0 aliphatic heterocycles. The number of nitriles is 2. The second-order valence-corrected chi connectivity index (χ2v) is 5.66. The van der Waals surface area contributed by atoms with Crippen molar-refractivity contribution in [2.75, 3.05) is 19.5 Å². The number of hydrogen-bond acceptors (Lipinski definition) is 8. The Hall–Kier alpha value is -3.23. The number of allylic oxidation sites excluding steroid dienone is 1. The van der Waals surface area contributed by atoms with Gasteiger partial charge in [-0.15, -0.1) is 11.8 Å². The molecule has 0 fully saturated rings. The van der Waals surface area contributed by atoms with Gasteiger partial charge in [-0.3, -0.25) is 0 Å². The third kappa shape index (κ3) is 5.41. The Balaban J connectivity index is 1.99. The van der Waals surface area contributed by atoms with E-state index in [0.717, 1.165) is 10.6 Å². The molecule has 1 aromatic carbocycles. The monoisotopic (exact) mass is 353 g/mol. The summed E-state index contributed by atoms with van der Waals surface area (Å²) >= 11 is 1.57. The quantitative estimate of drug-likeness (QED) is 0.598. The van der Waals surface area contributed by atoms with Gasteiger partial charge in [0.2, 0.25) is 11.8 Å². The smallest absolute Gasteiger partial charge is 0.220 e. The van der Waals surface area contributed by atoms with Gasteiger partial charge in [0.05, 0.1) is 26.0 Å². The summed E-state index contributed by atoms with van der Waals surface area (Å²) in [5.41, 5.74) is 0.800. The maximum absolute atomic E-state index is 8.69. The van der Waals surface area contributed by atoms with Crippen molar-refractivity contribution in [3.05, 3.63) is 47.9 Å². The average molecular weight is 353 g/mol. The number of aromatic nitrogens is 2. The highest BCUT2D eigenvalue weighted by atomic mass is 32.2. The summed E-state index contributed by atoms with van der Waals surface area (Å²) in [5.74, 6) is 2.09. The fourth-order valence-electron chi connectivity index (χ4n) is 1.76. The molecule has 1 aromatic heterocycles. The summed E-state index contributed by atoms with van der Waals surface area (Å²) in [6.07, 6.45) is 1.37. The van der Waals surface area contributed by atoms with Crippen LogP contribution in [0.1, 0.15) is 5.82 Å². The SMILES string of the molecule is COc1cc(OC)nc(CSc2ccc(NC=C(C#N)C#N)cc2)n1. The first-order valence-electron chi connectivity index (χ1n) is 7.14. The fraction of sp³-hybridized carbons (Fsp3) is 0.176. The topological polar surface area (TPSA) is 104 Å². The summed E-state index contributed by atoms with van der Waals surface area (Å²) < 4.78 is 10.3. The number of anilines is 1. The van der Waals surface area contributed by atoms with E-state index in [4.69, 9.17) is 20.0 Å². The Labute approximate surface area is 149 Å². The maximum Gasteiger partial charge on any atom is 0.220 e. The molecule has 0 saturated carbocycles. The van der Waals surface area contributed by atoms with Crippen molar-refractivity contribution < 1.29 is 9.47 Å². The van der Waals surface area contributed by atoms with E-state index in [9.17, 15) is 0 Å². The lowest BCUT2D eigenvalue weighted by Gasteiger charge is -2.07. The normalized spacial score (nSPS) is 9.44. The summed E-state index contributed by atoms with van der Waals surface area (Å²) in [4.78, 5) is 9.60. The number of methoxy groups -OCH3 is 2. The van der Waals surface area contributed by atoms with Crippen LogP contribution in [0.3, 0.4) is 0 Å². The average Bonchev–Trinajstić information content (AvgIpc) is 2.67. The van der Waals surface area contributed by atoms with Crippen molar-refractivity contribution in [2.45, 2.75) is 10.6 Å². The van der Waals surface area contributed by atoms with Crippen LogP contribution in [0.15, 0.2) is 47.0 Å². The second kappa shape index (κ2) is 9.16. The number of hydrogen-bond donors (Lipinski definition) is 1. The van der Waals surface area contributed by atoms with E-state index < -0.39 is 0 Å². The van der Waals surface area contributed by atoms with Gasteiger partial charge < -0.3 is 14.8 Å². The number of thioether (sulfide) groups is 1. The maximum atomic E-state index is 8.69. The minimum Gasteiger partial charge on any atom is -0.481 e. The summed E-state index contributed by atoms with van der Waals surface area (Å²) in [6.45, 7) is 0. The van der Waals surface area contributed by atoms with Crippen LogP contribution in [-0.2, 0) is 5.75 Å². The van der Waals surface area contributed by atoms with E-state index in [0.29, 0.717) is 23.3 Å². The largest absolute Gasteiger partial charge is 0.481 e. The Morgan fingerprint density at radius 1 is 1.12 bits per heavy atom. The van der Waals surface area contributed by atoms with Gasteiger partial charge in [0.15, 0.2) is 0 Å². The van der Waals surface area contributed by atoms with Crippen LogP contribution in [-0.4, -0.2) is 24.2 Å². The van der Waals surface area contributed by atoms with E-state index in [-0.39, 0.29) is 5.57 Å². The van der Waals surface area contributed by atoms with Gasteiger partial charge in [0.1, 0.15) is 23.5 Å². The van der Waals surface area contributed by atoms with E-state index in [1.54, 1.807) is 44.2 Å². The van der Waals surface area contributed by atoms with Crippen LogP contribution in [0.4, 0.5) is 5.69 Å². The molecule has 8 heteroatoms. The highest BCUT2D eigenvalue weighted by Gasteiger charge is 2.06. The predicted octanol–water partition coefficient (Wildman–Crippen LogP) is 3.13. The third-order valence-corrected chi connectivity index (χ3v) is 4.00. The zero-order valence-corrected chi connectivity index (χ0v) is 14.5. The Morgan fingerprint density at radius 2 is 1.72 bits per heavy atom. The molecule has 0 radical (unpaired) electrons. The standard InChI is InChI=1S/C17H15N5O2S/c1-23-16-7-17(24-2)22-15(21-16)11-25-14-5-3-13(4-6-14)20-10-12(8-18)9-19/h3-7,10,20H,11H2,1-2H3. The first kappa shape index (κ1) is 18.1. The Bertz CT molecular complexity index is 799. The van der Waals surface area contributed by atoms with Gasteiger partial charge >= 0.3 is 0 Å². The molecule has 0 atom stereocenters. The first-order valence-corrected chi connectivity index (χ1v) is 8.12. The molecule has 0 amide bonds. The Morgan fingerprint density at radius 3 is 2.24 bits per heavy atom. The predicted molar refractivity (Wildman–Crippen MR) is 94.1 cm³/mol. The third-order valence-electron chi connectivity index (χ3n) is 2.99. The molecule has 0 saturated heterocycles.